The molecule has 2 aromatic carbocycles. The molecular formula is C35H34F3N5O2. The molecule has 0 bridgehead atoms. The maximum atomic E-state index is 14.1. The average Bonchev–Trinajstić information content (AvgIpc) is 3.44. The third kappa shape index (κ3) is 7.51. The summed E-state index contributed by atoms with van der Waals surface area (Å²) >= 11 is 0. The van der Waals surface area contributed by atoms with Gasteiger partial charge in [0, 0.05) is 59.7 Å². The molecule has 1 atom stereocenters. The van der Waals surface area contributed by atoms with E-state index in [4.69, 9.17) is 9.51 Å². The first kappa shape index (κ1) is 31.7. The molecule has 0 saturated carbocycles. The monoisotopic (exact) mass is 613 g/mol. The second-order valence-corrected chi connectivity index (χ2v) is 11.6. The van der Waals surface area contributed by atoms with Crippen LogP contribution in [-0.4, -0.2) is 50.9 Å². The van der Waals surface area contributed by atoms with Crippen LogP contribution in [0.1, 0.15) is 56.5 Å². The molecular weight excluding hydrogens is 579 g/mol. The number of likely N-dealkylation sites (N-methyl/N-ethyl adjacent to an activating group) is 1. The smallest absolute Gasteiger partial charge is 0.356 e. The van der Waals surface area contributed by atoms with Crippen molar-refractivity contribution in [3.8, 4) is 22.6 Å². The molecule has 3 aromatic heterocycles. The number of alkyl halides is 3. The molecule has 0 amide bonds. The van der Waals surface area contributed by atoms with Crippen molar-refractivity contribution in [2.24, 2.45) is 0 Å². The molecule has 0 saturated heterocycles. The van der Waals surface area contributed by atoms with Gasteiger partial charge in [-0.3, -0.25) is 9.78 Å². The van der Waals surface area contributed by atoms with Crippen LogP contribution in [-0.2, 0) is 25.4 Å². The Labute approximate surface area is 260 Å². The number of carbonyl (C=O) groups excluding carboxylic acids is 1. The van der Waals surface area contributed by atoms with Gasteiger partial charge < -0.3 is 9.42 Å². The van der Waals surface area contributed by atoms with E-state index < -0.39 is 17.5 Å². The first-order valence-electron chi connectivity index (χ1n) is 14.6. The van der Waals surface area contributed by atoms with Gasteiger partial charge in [0.2, 0.25) is 0 Å². The summed E-state index contributed by atoms with van der Waals surface area (Å²) in [6, 6.07) is 13.3. The van der Waals surface area contributed by atoms with Crippen LogP contribution in [0.5, 0.6) is 0 Å². The Morgan fingerprint density at radius 2 is 1.69 bits per heavy atom. The first-order valence-corrected chi connectivity index (χ1v) is 14.6. The second kappa shape index (κ2) is 13.1. The summed E-state index contributed by atoms with van der Waals surface area (Å²) in [5.74, 6) is 0.608. The first-order chi connectivity index (χ1) is 21.4. The molecule has 3 heterocycles. The fourth-order valence-electron chi connectivity index (χ4n) is 5.11. The van der Waals surface area contributed by atoms with E-state index in [0.29, 0.717) is 41.2 Å². The maximum absolute atomic E-state index is 14.1. The Balaban J connectivity index is 1.36. The van der Waals surface area contributed by atoms with E-state index in [1.54, 1.807) is 43.0 Å². The maximum Gasteiger partial charge on any atom is 0.417 e. The molecule has 0 aliphatic heterocycles. The summed E-state index contributed by atoms with van der Waals surface area (Å²) in [7, 11) is 3.76. The van der Waals surface area contributed by atoms with Crippen molar-refractivity contribution in [2.75, 3.05) is 14.1 Å². The molecule has 5 aromatic rings. The Morgan fingerprint density at radius 1 is 0.933 bits per heavy atom. The van der Waals surface area contributed by atoms with E-state index in [9.17, 15) is 18.0 Å². The van der Waals surface area contributed by atoms with E-state index in [1.165, 1.54) is 6.07 Å². The Kier molecular flexibility index (Phi) is 9.24. The fraction of sp³-hybridized carbons (Fsp3) is 0.286. The molecule has 1 unspecified atom stereocenters. The summed E-state index contributed by atoms with van der Waals surface area (Å²) < 4.78 is 47.6. The zero-order valence-corrected chi connectivity index (χ0v) is 25.8. The number of hydrogen-bond donors (Lipinski definition) is 0. The number of hydrogen-bond acceptors (Lipinski definition) is 7. The van der Waals surface area contributed by atoms with Crippen molar-refractivity contribution < 1.29 is 22.5 Å². The molecule has 232 valence electrons. The molecule has 10 heteroatoms. The summed E-state index contributed by atoms with van der Waals surface area (Å²) in [5, 5.41) is 3.84. The van der Waals surface area contributed by atoms with Gasteiger partial charge in [-0.2, -0.15) is 13.2 Å². The minimum atomic E-state index is -4.65. The zero-order valence-electron chi connectivity index (χ0n) is 25.8. The van der Waals surface area contributed by atoms with Crippen LogP contribution in [0, 0.1) is 13.8 Å². The highest BCUT2D eigenvalue weighted by Gasteiger charge is 2.35. The van der Waals surface area contributed by atoms with Crippen LogP contribution in [0.15, 0.2) is 77.8 Å². The number of aromatic nitrogens is 4. The highest BCUT2D eigenvalue weighted by molar-refractivity contribution is 5.99. The van der Waals surface area contributed by atoms with Crippen LogP contribution >= 0.6 is 0 Å². The number of carbonyl (C=O) groups is 1. The molecule has 7 nitrogen and oxygen atoms in total. The van der Waals surface area contributed by atoms with Crippen molar-refractivity contribution in [1.29, 1.82) is 0 Å². The second-order valence-electron chi connectivity index (χ2n) is 11.6. The number of Topliss-reactive ketones (excluding diaryl/α,β-unsaturated/α-hetero) is 1. The van der Waals surface area contributed by atoms with Gasteiger partial charge in [0.05, 0.1) is 17.5 Å². The van der Waals surface area contributed by atoms with Crippen LogP contribution < -0.4 is 0 Å². The van der Waals surface area contributed by atoms with E-state index in [2.05, 4.69) is 15.1 Å². The minimum Gasteiger partial charge on any atom is -0.356 e. The van der Waals surface area contributed by atoms with Crippen LogP contribution in [0.2, 0.25) is 0 Å². The standard InChI is InChI=1S/C35H34F3N5O2/c1-21-6-7-25(15-32(44)29-9-8-24(12-23(3)43(4)5)14-30(29)35(36,37)38)13-26(21)17-33-40-11-10-31(42-33)27-16-28(20-39-19-27)34-22(2)18-41-45-34/h6-11,13-14,16,18-20,23H,12,15,17H2,1-5H3. The van der Waals surface area contributed by atoms with Crippen molar-refractivity contribution in [3.63, 3.8) is 0 Å². The Hall–Kier alpha value is -4.70. The molecule has 0 aliphatic rings. The fourth-order valence-corrected chi connectivity index (χ4v) is 5.11. The molecule has 0 aliphatic carbocycles. The lowest BCUT2D eigenvalue weighted by molar-refractivity contribution is -0.138. The van der Waals surface area contributed by atoms with Gasteiger partial charge in [0.25, 0.3) is 0 Å². The van der Waals surface area contributed by atoms with Gasteiger partial charge in [0.1, 0.15) is 5.82 Å². The Bertz CT molecular complexity index is 1830. The average molecular weight is 614 g/mol. The molecule has 5 rings (SSSR count). The number of nitrogens with zero attached hydrogens (tertiary/aromatic N) is 5. The van der Waals surface area contributed by atoms with Gasteiger partial charge in [-0.05, 0) is 81.7 Å². The predicted octanol–water partition coefficient (Wildman–Crippen LogP) is 7.34. The van der Waals surface area contributed by atoms with E-state index in [0.717, 1.165) is 33.9 Å². The lowest BCUT2D eigenvalue weighted by Gasteiger charge is -2.21. The van der Waals surface area contributed by atoms with Gasteiger partial charge in [-0.15, -0.1) is 0 Å². The third-order valence-electron chi connectivity index (χ3n) is 7.98. The van der Waals surface area contributed by atoms with Crippen LogP contribution in [0.4, 0.5) is 13.2 Å². The lowest BCUT2D eigenvalue weighted by atomic mass is 9.93. The minimum absolute atomic E-state index is 0.0497. The van der Waals surface area contributed by atoms with Crippen molar-refractivity contribution >= 4 is 5.78 Å². The van der Waals surface area contributed by atoms with Gasteiger partial charge >= 0.3 is 6.18 Å². The summed E-state index contributed by atoms with van der Waals surface area (Å²) in [6.45, 7) is 5.79. The lowest BCUT2D eigenvalue weighted by Crippen LogP contribution is -2.27. The molecule has 0 fully saturated rings. The molecule has 0 spiro atoms. The summed E-state index contributed by atoms with van der Waals surface area (Å²) in [4.78, 5) is 28.7. The number of pyridine rings is 1. The number of halogens is 3. The van der Waals surface area contributed by atoms with Crippen LogP contribution in [0.25, 0.3) is 22.6 Å². The van der Waals surface area contributed by atoms with Crippen molar-refractivity contribution in [1.82, 2.24) is 25.0 Å². The third-order valence-corrected chi connectivity index (χ3v) is 7.98. The predicted molar refractivity (Wildman–Crippen MR) is 166 cm³/mol. The molecule has 0 radical (unpaired) electrons. The largest absolute Gasteiger partial charge is 0.417 e. The van der Waals surface area contributed by atoms with Crippen molar-refractivity contribution in [2.45, 2.75) is 52.3 Å². The number of ketones is 1. The van der Waals surface area contributed by atoms with E-state index in [1.807, 2.05) is 58.0 Å². The quantitative estimate of drug-likeness (QED) is 0.152. The summed E-state index contributed by atoms with van der Waals surface area (Å²) in [5.41, 5.74) is 4.92. The van der Waals surface area contributed by atoms with Gasteiger partial charge in [0.15, 0.2) is 11.5 Å². The van der Waals surface area contributed by atoms with Gasteiger partial charge in [-0.1, -0.05) is 35.5 Å². The van der Waals surface area contributed by atoms with E-state index in [-0.39, 0.29) is 18.0 Å². The number of aryl methyl sites for hydroxylation is 2. The zero-order chi connectivity index (χ0) is 32.3. The SMILES string of the molecule is Cc1ccc(CC(=O)c2ccc(CC(C)N(C)C)cc2C(F)(F)F)cc1Cc1nccc(-c2cncc(-c3oncc3C)c2)n1. The highest BCUT2D eigenvalue weighted by atomic mass is 19.4. The summed E-state index contributed by atoms with van der Waals surface area (Å²) in [6.07, 6.45) is 2.75. The van der Waals surface area contributed by atoms with Crippen molar-refractivity contribution in [3.05, 3.63) is 118 Å². The van der Waals surface area contributed by atoms with Gasteiger partial charge in [-0.25, -0.2) is 9.97 Å². The molecule has 45 heavy (non-hydrogen) atoms. The van der Waals surface area contributed by atoms with Crippen LogP contribution in [0.3, 0.4) is 0 Å². The highest BCUT2D eigenvalue weighted by Crippen LogP contribution is 2.34. The van der Waals surface area contributed by atoms with E-state index >= 15 is 0 Å². The number of rotatable bonds is 10. The Morgan fingerprint density at radius 3 is 2.40 bits per heavy atom. The topological polar surface area (TPSA) is 85.0 Å². The molecule has 0 N–H and O–H groups in total. The normalized spacial score (nSPS) is 12.5. The number of benzene rings is 2.